The lowest BCUT2D eigenvalue weighted by Crippen LogP contribution is -2.54. The normalized spacial score (nSPS) is 17.5. The van der Waals surface area contributed by atoms with Crippen molar-refractivity contribution in [1.29, 1.82) is 0 Å². The van der Waals surface area contributed by atoms with Gasteiger partial charge in [0.2, 0.25) is 5.91 Å². The van der Waals surface area contributed by atoms with E-state index in [0.29, 0.717) is 11.4 Å². The first-order chi connectivity index (χ1) is 9.99. The largest absolute Gasteiger partial charge is 0.392 e. The fourth-order valence-corrected chi connectivity index (χ4v) is 2.77. The van der Waals surface area contributed by atoms with Crippen molar-refractivity contribution in [2.24, 2.45) is 5.73 Å². The Balaban J connectivity index is 1.89. The van der Waals surface area contributed by atoms with Crippen molar-refractivity contribution in [2.45, 2.75) is 26.3 Å². The quantitative estimate of drug-likeness (QED) is 0.853. The van der Waals surface area contributed by atoms with E-state index in [1.807, 2.05) is 43.0 Å². The lowest BCUT2D eigenvalue weighted by molar-refractivity contribution is -0.132. The number of carbonyl (C=O) groups is 1. The summed E-state index contributed by atoms with van der Waals surface area (Å²) >= 11 is 5.04. The molecule has 1 fully saturated rings. The first-order valence-corrected chi connectivity index (χ1v) is 7.75. The highest BCUT2D eigenvalue weighted by Crippen LogP contribution is 2.12. The minimum atomic E-state index is 0.105. The number of nitrogens with zero attached hydrogens (tertiary/aromatic N) is 2. The number of benzene rings is 1. The number of hydrogen-bond acceptors (Lipinski definition) is 3. The molecule has 1 saturated heterocycles. The van der Waals surface area contributed by atoms with Gasteiger partial charge in [0.1, 0.15) is 0 Å². The zero-order valence-corrected chi connectivity index (χ0v) is 13.5. The Bertz CT molecular complexity index is 524. The number of carbonyl (C=O) groups excluding carboxylic acids is 1. The van der Waals surface area contributed by atoms with Gasteiger partial charge in [0.05, 0.1) is 17.5 Å². The van der Waals surface area contributed by atoms with Gasteiger partial charge in [-0.05, 0) is 25.0 Å². The SMILES string of the molecule is Cc1ccccc1CC(=O)N1CCN(C(C)C(N)=S)CC1. The lowest BCUT2D eigenvalue weighted by Gasteiger charge is -2.37. The molecule has 0 aromatic heterocycles. The van der Waals surface area contributed by atoms with Gasteiger partial charge >= 0.3 is 0 Å². The summed E-state index contributed by atoms with van der Waals surface area (Å²) in [6, 6.07) is 8.16. The van der Waals surface area contributed by atoms with E-state index in [2.05, 4.69) is 4.90 Å². The second-order valence-corrected chi connectivity index (χ2v) is 6.07. The van der Waals surface area contributed by atoms with E-state index in [0.717, 1.165) is 31.7 Å². The summed E-state index contributed by atoms with van der Waals surface area (Å²) in [7, 11) is 0. The van der Waals surface area contributed by atoms with Crippen LogP contribution >= 0.6 is 12.2 Å². The van der Waals surface area contributed by atoms with Crippen molar-refractivity contribution in [3.63, 3.8) is 0 Å². The molecule has 1 heterocycles. The van der Waals surface area contributed by atoms with E-state index in [1.165, 1.54) is 5.56 Å². The molecule has 1 atom stereocenters. The fourth-order valence-electron chi connectivity index (χ4n) is 2.62. The molecule has 21 heavy (non-hydrogen) atoms. The minimum absolute atomic E-state index is 0.105. The van der Waals surface area contributed by atoms with E-state index in [1.54, 1.807) is 0 Å². The van der Waals surface area contributed by atoms with Crippen molar-refractivity contribution in [1.82, 2.24) is 9.80 Å². The van der Waals surface area contributed by atoms with Crippen molar-refractivity contribution in [3.05, 3.63) is 35.4 Å². The average molecular weight is 305 g/mol. The molecule has 0 radical (unpaired) electrons. The van der Waals surface area contributed by atoms with E-state index in [-0.39, 0.29) is 11.9 Å². The lowest BCUT2D eigenvalue weighted by atomic mass is 10.1. The highest BCUT2D eigenvalue weighted by molar-refractivity contribution is 7.80. The summed E-state index contributed by atoms with van der Waals surface area (Å²) in [5.41, 5.74) is 7.97. The summed E-state index contributed by atoms with van der Waals surface area (Å²) in [5.74, 6) is 0.201. The van der Waals surface area contributed by atoms with Crippen LogP contribution in [-0.2, 0) is 11.2 Å². The summed E-state index contributed by atoms with van der Waals surface area (Å²) in [5, 5.41) is 0. The zero-order valence-electron chi connectivity index (χ0n) is 12.7. The summed E-state index contributed by atoms with van der Waals surface area (Å²) < 4.78 is 0. The van der Waals surface area contributed by atoms with Crippen molar-refractivity contribution < 1.29 is 4.79 Å². The van der Waals surface area contributed by atoms with E-state index in [4.69, 9.17) is 18.0 Å². The number of amides is 1. The number of thiocarbonyl (C=S) groups is 1. The topological polar surface area (TPSA) is 49.6 Å². The predicted molar refractivity (Wildman–Crippen MR) is 89.3 cm³/mol. The molecule has 0 aliphatic carbocycles. The standard InChI is InChI=1S/C16H23N3OS/c1-12-5-3-4-6-14(12)11-15(20)19-9-7-18(8-10-19)13(2)16(17)21/h3-6,13H,7-11H2,1-2H3,(H2,17,21). The Kier molecular flexibility index (Phi) is 5.31. The van der Waals surface area contributed by atoms with E-state index in [9.17, 15) is 4.79 Å². The predicted octanol–water partition coefficient (Wildman–Crippen LogP) is 1.36. The molecule has 0 bridgehead atoms. The molecule has 1 aliphatic rings. The molecule has 0 saturated carbocycles. The Labute approximate surface area is 131 Å². The number of piperazine rings is 1. The minimum Gasteiger partial charge on any atom is -0.392 e. The molecular weight excluding hydrogens is 282 g/mol. The van der Waals surface area contributed by atoms with Crippen LogP contribution in [-0.4, -0.2) is 52.9 Å². The summed E-state index contributed by atoms with van der Waals surface area (Å²) in [6.07, 6.45) is 0.484. The maximum Gasteiger partial charge on any atom is 0.227 e. The molecule has 5 heteroatoms. The van der Waals surface area contributed by atoms with Gasteiger partial charge in [0.25, 0.3) is 0 Å². The first-order valence-electron chi connectivity index (χ1n) is 7.34. The Morgan fingerprint density at radius 1 is 1.29 bits per heavy atom. The van der Waals surface area contributed by atoms with Crippen molar-refractivity contribution in [2.75, 3.05) is 26.2 Å². The van der Waals surface area contributed by atoms with Gasteiger partial charge in [0.15, 0.2) is 0 Å². The summed E-state index contributed by atoms with van der Waals surface area (Å²) in [6.45, 7) is 7.23. The van der Waals surface area contributed by atoms with Crippen LogP contribution in [0.4, 0.5) is 0 Å². The molecule has 4 nitrogen and oxygen atoms in total. The number of rotatable bonds is 4. The van der Waals surface area contributed by atoms with Gasteiger partial charge in [0, 0.05) is 26.2 Å². The average Bonchev–Trinajstić information content (AvgIpc) is 2.49. The molecule has 114 valence electrons. The Hall–Kier alpha value is -1.46. The highest BCUT2D eigenvalue weighted by Gasteiger charge is 2.25. The number of aryl methyl sites for hydroxylation is 1. The smallest absolute Gasteiger partial charge is 0.227 e. The van der Waals surface area contributed by atoms with Crippen molar-refractivity contribution in [3.8, 4) is 0 Å². The Morgan fingerprint density at radius 2 is 1.90 bits per heavy atom. The van der Waals surface area contributed by atoms with Crippen LogP contribution in [0.5, 0.6) is 0 Å². The third kappa shape index (κ3) is 4.02. The van der Waals surface area contributed by atoms with Crippen LogP contribution in [0.2, 0.25) is 0 Å². The monoisotopic (exact) mass is 305 g/mol. The molecule has 1 aromatic rings. The van der Waals surface area contributed by atoms with Crippen LogP contribution in [0.1, 0.15) is 18.1 Å². The zero-order chi connectivity index (χ0) is 15.4. The van der Waals surface area contributed by atoms with Crippen LogP contribution in [0.15, 0.2) is 24.3 Å². The number of nitrogens with two attached hydrogens (primary N) is 1. The molecule has 2 rings (SSSR count). The first kappa shape index (κ1) is 15.9. The van der Waals surface area contributed by atoms with Gasteiger partial charge in [-0.2, -0.15) is 0 Å². The van der Waals surface area contributed by atoms with Gasteiger partial charge in [-0.15, -0.1) is 0 Å². The fraction of sp³-hybridized carbons (Fsp3) is 0.500. The van der Waals surface area contributed by atoms with Crippen LogP contribution in [0.3, 0.4) is 0 Å². The van der Waals surface area contributed by atoms with Crippen molar-refractivity contribution >= 4 is 23.1 Å². The molecule has 1 amide bonds. The van der Waals surface area contributed by atoms with Gasteiger partial charge < -0.3 is 10.6 Å². The van der Waals surface area contributed by atoms with Crippen LogP contribution in [0.25, 0.3) is 0 Å². The Morgan fingerprint density at radius 3 is 2.48 bits per heavy atom. The maximum atomic E-state index is 12.4. The molecule has 2 N–H and O–H groups in total. The van der Waals surface area contributed by atoms with Gasteiger partial charge in [-0.1, -0.05) is 36.5 Å². The molecule has 1 unspecified atom stereocenters. The van der Waals surface area contributed by atoms with E-state index < -0.39 is 0 Å². The van der Waals surface area contributed by atoms with Crippen LogP contribution < -0.4 is 5.73 Å². The second kappa shape index (κ2) is 7.00. The third-order valence-corrected chi connectivity index (χ3v) is 4.57. The summed E-state index contributed by atoms with van der Waals surface area (Å²) in [4.78, 5) is 17.1. The third-order valence-electron chi connectivity index (χ3n) is 4.23. The molecule has 1 aromatic carbocycles. The van der Waals surface area contributed by atoms with Gasteiger partial charge in [-0.3, -0.25) is 9.69 Å². The highest BCUT2D eigenvalue weighted by atomic mass is 32.1. The van der Waals surface area contributed by atoms with E-state index >= 15 is 0 Å². The number of hydrogen-bond donors (Lipinski definition) is 1. The molecule has 0 spiro atoms. The van der Waals surface area contributed by atoms with Crippen LogP contribution in [0, 0.1) is 6.92 Å². The maximum absolute atomic E-state index is 12.4. The molecular formula is C16H23N3OS. The van der Waals surface area contributed by atoms with Gasteiger partial charge in [-0.25, -0.2) is 0 Å². The molecule has 1 aliphatic heterocycles. The second-order valence-electron chi connectivity index (χ2n) is 5.60.